The van der Waals surface area contributed by atoms with Crippen LogP contribution in [0.1, 0.15) is 17.0 Å². The van der Waals surface area contributed by atoms with Crippen molar-refractivity contribution in [2.75, 3.05) is 12.4 Å². The molecule has 5 nitrogen and oxygen atoms in total. The van der Waals surface area contributed by atoms with Gasteiger partial charge < -0.3 is 15.1 Å². The Morgan fingerprint density at radius 2 is 2.06 bits per heavy atom. The van der Waals surface area contributed by atoms with Gasteiger partial charge in [-0.05, 0) is 38.1 Å². The Bertz CT molecular complexity index is 507. The summed E-state index contributed by atoms with van der Waals surface area (Å²) in [6.07, 6.45) is 0. The van der Waals surface area contributed by atoms with Crippen LogP contribution in [0.2, 0.25) is 0 Å². The summed E-state index contributed by atoms with van der Waals surface area (Å²) < 4.78 is 5.43. The monoisotopic (exact) mass is 232 g/mol. The van der Waals surface area contributed by atoms with Gasteiger partial charge in [0.15, 0.2) is 0 Å². The van der Waals surface area contributed by atoms with E-state index in [1.807, 2.05) is 20.9 Å². The maximum atomic E-state index is 5.43. The lowest BCUT2D eigenvalue weighted by Crippen LogP contribution is -2.04. The molecule has 0 aliphatic rings. The van der Waals surface area contributed by atoms with Gasteiger partial charge in [0.05, 0.1) is 6.54 Å². The molecule has 0 radical (unpaired) electrons. The zero-order valence-corrected chi connectivity index (χ0v) is 10.2. The van der Waals surface area contributed by atoms with Crippen LogP contribution >= 0.6 is 0 Å². The molecular weight excluding hydrogens is 216 g/mol. The highest BCUT2D eigenvalue weighted by atomic mass is 16.4. The number of hydrogen-bond donors (Lipinski definition) is 2. The summed E-state index contributed by atoms with van der Waals surface area (Å²) in [5.41, 5.74) is 3.32. The van der Waals surface area contributed by atoms with Gasteiger partial charge in [-0.25, -0.2) is 0 Å². The minimum Gasteiger partial charge on any atom is -0.406 e. The molecular formula is C12H16N4O. The zero-order chi connectivity index (χ0) is 12.3. The van der Waals surface area contributed by atoms with Crippen molar-refractivity contribution in [1.82, 2.24) is 15.5 Å². The van der Waals surface area contributed by atoms with E-state index >= 15 is 0 Å². The molecule has 0 fully saturated rings. The molecule has 0 aliphatic heterocycles. The van der Waals surface area contributed by atoms with Gasteiger partial charge in [0.25, 0.3) is 0 Å². The standard InChI is InChI=1S/C12H16N4O/c1-8-4-5-9(2)10(6-8)14-12-16-15-11(17-12)7-13-3/h4-6,13H,7H2,1-3H3,(H,14,16). The minimum atomic E-state index is 0.420. The molecule has 2 aromatic rings. The number of nitrogens with zero attached hydrogens (tertiary/aromatic N) is 2. The lowest BCUT2D eigenvalue weighted by atomic mass is 10.1. The normalized spacial score (nSPS) is 10.5. The van der Waals surface area contributed by atoms with Gasteiger partial charge in [-0.1, -0.05) is 17.2 Å². The largest absolute Gasteiger partial charge is 0.406 e. The summed E-state index contributed by atoms with van der Waals surface area (Å²) >= 11 is 0. The highest BCUT2D eigenvalue weighted by Gasteiger charge is 2.06. The van der Waals surface area contributed by atoms with E-state index in [2.05, 4.69) is 39.0 Å². The van der Waals surface area contributed by atoms with Crippen molar-refractivity contribution in [3.63, 3.8) is 0 Å². The highest BCUT2D eigenvalue weighted by Crippen LogP contribution is 2.20. The molecule has 17 heavy (non-hydrogen) atoms. The maximum absolute atomic E-state index is 5.43. The van der Waals surface area contributed by atoms with Gasteiger partial charge in [-0.2, -0.15) is 0 Å². The highest BCUT2D eigenvalue weighted by molar-refractivity contribution is 5.58. The van der Waals surface area contributed by atoms with E-state index in [0.29, 0.717) is 18.5 Å². The number of benzene rings is 1. The average Bonchev–Trinajstić information content (AvgIpc) is 2.72. The van der Waals surface area contributed by atoms with Crippen LogP contribution in [-0.4, -0.2) is 17.2 Å². The molecule has 1 aromatic heterocycles. The molecule has 90 valence electrons. The molecule has 5 heteroatoms. The second-order valence-corrected chi connectivity index (χ2v) is 3.97. The van der Waals surface area contributed by atoms with Crippen LogP contribution < -0.4 is 10.6 Å². The van der Waals surface area contributed by atoms with Crippen molar-refractivity contribution < 1.29 is 4.42 Å². The van der Waals surface area contributed by atoms with E-state index in [1.54, 1.807) is 0 Å². The van der Waals surface area contributed by atoms with Gasteiger partial charge in [-0.3, -0.25) is 0 Å². The maximum Gasteiger partial charge on any atom is 0.320 e. The summed E-state index contributed by atoms with van der Waals surface area (Å²) in [5.74, 6) is 0.570. The second kappa shape index (κ2) is 4.97. The zero-order valence-electron chi connectivity index (χ0n) is 10.2. The summed E-state index contributed by atoms with van der Waals surface area (Å²) in [6, 6.07) is 6.60. The van der Waals surface area contributed by atoms with Gasteiger partial charge in [0, 0.05) is 5.69 Å². The molecule has 0 bridgehead atoms. The fraction of sp³-hybridized carbons (Fsp3) is 0.333. The predicted octanol–water partition coefficient (Wildman–Crippen LogP) is 2.15. The first kappa shape index (κ1) is 11.6. The summed E-state index contributed by atoms with van der Waals surface area (Å²) in [5, 5.41) is 13.9. The Morgan fingerprint density at radius 3 is 2.82 bits per heavy atom. The van der Waals surface area contributed by atoms with Crippen molar-refractivity contribution in [2.45, 2.75) is 20.4 Å². The van der Waals surface area contributed by atoms with Crippen molar-refractivity contribution >= 4 is 11.7 Å². The van der Waals surface area contributed by atoms with Crippen LogP contribution in [0.4, 0.5) is 11.7 Å². The van der Waals surface area contributed by atoms with Crippen molar-refractivity contribution in [1.29, 1.82) is 0 Å². The number of anilines is 2. The fourth-order valence-electron chi connectivity index (χ4n) is 1.51. The van der Waals surface area contributed by atoms with E-state index in [4.69, 9.17) is 4.42 Å². The first-order chi connectivity index (χ1) is 8.19. The molecule has 2 N–H and O–H groups in total. The summed E-state index contributed by atoms with van der Waals surface area (Å²) in [4.78, 5) is 0. The van der Waals surface area contributed by atoms with Crippen LogP contribution in [0.15, 0.2) is 22.6 Å². The van der Waals surface area contributed by atoms with E-state index in [1.165, 1.54) is 5.56 Å². The average molecular weight is 232 g/mol. The summed E-state index contributed by atoms with van der Waals surface area (Å²) in [7, 11) is 1.84. The molecule has 0 saturated carbocycles. The number of hydrogen-bond acceptors (Lipinski definition) is 5. The van der Waals surface area contributed by atoms with Gasteiger partial charge in [0.2, 0.25) is 5.89 Å². The smallest absolute Gasteiger partial charge is 0.320 e. The van der Waals surface area contributed by atoms with Crippen molar-refractivity contribution in [3.8, 4) is 0 Å². The molecule has 0 amide bonds. The first-order valence-electron chi connectivity index (χ1n) is 5.50. The third-order valence-corrected chi connectivity index (χ3v) is 2.43. The third kappa shape index (κ3) is 2.82. The molecule has 0 aliphatic carbocycles. The molecule has 1 aromatic carbocycles. The van der Waals surface area contributed by atoms with Crippen LogP contribution in [-0.2, 0) is 6.54 Å². The molecule has 0 unspecified atom stereocenters. The predicted molar refractivity (Wildman–Crippen MR) is 66.3 cm³/mol. The van der Waals surface area contributed by atoms with Gasteiger partial charge in [-0.15, -0.1) is 5.10 Å². The Hall–Kier alpha value is -1.88. The van der Waals surface area contributed by atoms with E-state index < -0.39 is 0 Å². The number of nitrogens with one attached hydrogen (secondary N) is 2. The topological polar surface area (TPSA) is 63.0 Å². The van der Waals surface area contributed by atoms with Crippen molar-refractivity contribution in [2.24, 2.45) is 0 Å². The summed E-state index contributed by atoms with van der Waals surface area (Å²) in [6.45, 7) is 4.65. The number of rotatable bonds is 4. The van der Waals surface area contributed by atoms with E-state index in [-0.39, 0.29) is 0 Å². The molecule has 0 saturated heterocycles. The SMILES string of the molecule is CNCc1nnc(Nc2cc(C)ccc2C)o1. The van der Waals surface area contributed by atoms with Crippen LogP contribution in [0.5, 0.6) is 0 Å². The van der Waals surface area contributed by atoms with Crippen molar-refractivity contribution in [3.05, 3.63) is 35.2 Å². The Balaban J connectivity index is 2.16. The molecule has 0 spiro atoms. The van der Waals surface area contributed by atoms with E-state index in [9.17, 15) is 0 Å². The van der Waals surface area contributed by atoms with Crippen LogP contribution in [0, 0.1) is 13.8 Å². The fourth-order valence-corrected chi connectivity index (χ4v) is 1.51. The third-order valence-electron chi connectivity index (χ3n) is 2.43. The number of aromatic nitrogens is 2. The molecule has 1 heterocycles. The molecule has 0 atom stereocenters. The first-order valence-corrected chi connectivity index (χ1v) is 5.50. The van der Waals surface area contributed by atoms with Gasteiger partial charge in [0.1, 0.15) is 0 Å². The van der Waals surface area contributed by atoms with Crippen LogP contribution in [0.25, 0.3) is 0 Å². The van der Waals surface area contributed by atoms with E-state index in [0.717, 1.165) is 11.3 Å². The van der Waals surface area contributed by atoms with Crippen LogP contribution in [0.3, 0.4) is 0 Å². The Labute approximate surface area is 100 Å². The second-order valence-electron chi connectivity index (χ2n) is 3.97. The molecule has 2 rings (SSSR count). The number of aryl methyl sites for hydroxylation is 2. The Kier molecular flexibility index (Phi) is 3.39. The minimum absolute atomic E-state index is 0.420. The van der Waals surface area contributed by atoms with Gasteiger partial charge >= 0.3 is 6.01 Å². The lowest BCUT2D eigenvalue weighted by molar-refractivity contribution is 0.493. The lowest BCUT2D eigenvalue weighted by Gasteiger charge is -2.06. The Morgan fingerprint density at radius 1 is 1.24 bits per heavy atom. The quantitative estimate of drug-likeness (QED) is 0.845.